The highest BCUT2D eigenvalue weighted by molar-refractivity contribution is 6.32. The molecule has 3 aromatic rings. The minimum Gasteiger partial charge on any atom is -0.491 e. The Kier molecular flexibility index (Phi) is 7.17. The zero-order chi connectivity index (χ0) is 31.6. The van der Waals surface area contributed by atoms with Gasteiger partial charge in [-0.15, -0.1) is 0 Å². The second kappa shape index (κ2) is 11.0. The molecule has 0 aromatic heterocycles. The smallest absolute Gasteiger partial charge is 0.241 e. The molecule has 2 aliphatic heterocycles. The van der Waals surface area contributed by atoms with Crippen molar-refractivity contribution in [3.63, 3.8) is 0 Å². The summed E-state index contributed by atoms with van der Waals surface area (Å²) in [5.41, 5.74) is 2.16. The molecule has 1 N–H and O–H groups in total. The topological polar surface area (TPSA) is 104 Å². The number of hydrogen-bond acceptors (Lipinski definition) is 6. The summed E-state index contributed by atoms with van der Waals surface area (Å²) in [6, 6.07) is 21.4. The first kappa shape index (κ1) is 29.4. The number of carbonyl (C=O) groups excluding carboxylic acids is 4. The highest BCUT2D eigenvalue weighted by Gasteiger charge is 2.68. The Morgan fingerprint density at radius 3 is 2.36 bits per heavy atom. The van der Waals surface area contributed by atoms with E-state index in [1.807, 2.05) is 44.2 Å². The molecule has 0 spiro atoms. The highest BCUT2D eigenvalue weighted by atomic mass is 35.5. The number of aliphatic hydroxyl groups is 1. The van der Waals surface area contributed by atoms with Gasteiger partial charge in [-0.1, -0.05) is 65.7 Å². The van der Waals surface area contributed by atoms with E-state index < -0.39 is 35.0 Å². The zero-order valence-corrected chi connectivity index (χ0v) is 25.7. The van der Waals surface area contributed by atoms with Gasteiger partial charge in [-0.2, -0.15) is 0 Å². The van der Waals surface area contributed by atoms with Crippen molar-refractivity contribution in [2.24, 2.45) is 29.1 Å². The van der Waals surface area contributed by atoms with E-state index in [4.69, 9.17) is 16.3 Å². The molecule has 3 aromatic carbocycles. The molecular formula is C36H33ClN2O6. The third kappa shape index (κ3) is 4.30. The van der Waals surface area contributed by atoms with Crippen LogP contribution in [0.15, 0.2) is 84.4 Å². The predicted molar refractivity (Wildman–Crippen MR) is 169 cm³/mol. The summed E-state index contributed by atoms with van der Waals surface area (Å²) in [6.45, 7) is 3.57. The van der Waals surface area contributed by atoms with Crippen LogP contribution in [0, 0.1) is 36.0 Å². The van der Waals surface area contributed by atoms with Crippen LogP contribution in [-0.2, 0) is 19.2 Å². The van der Waals surface area contributed by atoms with E-state index in [1.165, 1.54) is 9.80 Å². The van der Waals surface area contributed by atoms with Crippen LogP contribution in [0.5, 0.6) is 5.75 Å². The van der Waals surface area contributed by atoms with Gasteiger partial charge in [-0.3, -0.25) is 19.2 Å². The fourth-order valence-corrected chi connectivity index (χ4v) is 8.34. The maximum absolute atomic E-state index is 14.6. The van der Waals surface area contributed by atoms with E-state index in [0.717, 1.165) is 11.1 Å². The van der Waals surface area contributed by atoms with Gasteiger partial charge in [-0.25, -0.2) is 9.80 Å². The number of aliphatic hydroxyl groups excluding tert-OH is 1. The fourth-order valence-electron chi connectivity index (χ4n) is 8.16. The Labute approximate surface area is 266 Å². The van der Waals surface area contributed by atoms with Gasteiger partial charge in [0.05, 0.1) is 41.2 Å². The molecule has 3 fully saturated rings. The van der Waals surface area contributed by atoms with E-state index in [1.54, 1.807) is 48.5 Å². The van der Waals surface area contributed by atoms with Crippen LogP contribution < -0.4 is 14.5 Å². The third-order valence-electron chi connectivity index (χ3n) is 10.3. The van der Waals surface area contributed by atoms with Gasteiger partial charge in [0.15, 0.2) is 0 Å². The van der Waals surface area contributed by atoms with Crippen LogP contribution in [0.25, 0.3) is 0 Å². The molecule has 6 atom stereocenters. The predicted octanol–water partition coefficient (Wildman–Crippen LogP) is 5.45. The number of rotatable bonds is 6. The van der Waals surface area contributed by atoms with Crippen molar-refractivity contribution >= 4 is 46.6 Å². The summed E-state index contributed by atoms with van der Waals surface area (Å²) in [5.74, 6) is -3.79. The van der Waals surface area contributed by atoms with Crippen LogP contribution in [0.2, 0.25) is 5.02 Å². The average Bonchev–Trinajstić information content (AvgIpc) is 3.41. The molecule has 4 aliphatic rings. The number of benzene rings is 3. The first-order valence-electron chi connectivity index (χ1n) is 15.3. The molecule has 1 saturated carbocycles. The maximum atomic E-state index is 14.6. The Bertz CT molecular complexity index is 1770. The van der Waals surface area contributed by atoms with Crippen LogP contribution in [0.1, 0.15) is 36.8 Å². The number of anilines is 2. The van der Waals surface area contributed by atoms with Crippen molar-refractivity contribution in [2.75, 3.05) is 23.0 Å². The van der Waals surface area contributed by atoms with Crippen molar-refractivity contribution < 1.29 is 29.0 Å². The molecule has 4 amide bonds. The summed E-state index contributed by atoms with van der Waals surface area (Å²) in [7, 11) is 0. The zero-order valence-electron chi connectivity index (χ0n) is 25.0. The summed E-state index contributed by atoms with van der Waals surface area (Å²) >= 11 is 6.40. The van der Waals surface area contributed by atoms with E-state index in [2.05, 4.69) is 0 Å². The lowest BCUT2D eigenvalue weighted by Gasteiger charge is -2.49. The number of halogens is 1. The SMILES string of the molecule is Cc1ccc(N2C(=O)C3CC=C4C(CC5C(=O)N(c6ccccc6)C(=O)C5(C)C4c4ccccc4OCCO)C3C2=O)cc1Cl. The highest BCUT2D eigenvalue weighted by Crippen LogP contribution is 2.64. The van der Waals surface area contributed by atoms with E-state index >= 15 is 0 Å². The molecule has 7 rings (SSSR count). The number of fused-ring (bicyclic) bond motifs is 4. The molecule has 0 bridgehead atoms. The lowest BCUT2D eigenvalue weighted by Crippen LogP contribution is -2.49. The Hall–Kier alpha value is -4.27. The summed E-state index contributed by atoms with van der Waals surface area (Å²) in [6.07, 6.45) is 2.61. The van der Waals surface area contributed by atoms with Crippen LogP contribution in [0.3, 0.4) is 0 Å². The molecule has 9 heteroatoms. The van der Waals surface area contributed by atoms with E-state index in [-0.39, 0.29) is 43.3 Å². The lowest BCUT2D eigenvalue weighted by atomic mass is 9.51. The number of allylic oxidation sites excluding steroid dienone is 2. The number of ether oxygens (including phenoxy) is 1. The summed E-state index contributed by atoms with van der Waals surface area (Å²) < 4.78 is 5.98. The van der Waals surface area contributed by atoms with Gasteiger partial charge < -0.3 is 9.84 Å². The number of amides is 4. The van der Waals surface area contributed by atoms with E-state index in [0.29, 0.717) is 34.1 Å². The average molecular weight is 625 g/mol. The van der Waals surface area contributed by atoms with Crippen molar-refractivity contribution in [3.8, 4) is 5.75 Å². The quantitative estimate of drug-likeness (QED) is 0.289. The molecule has 2 saturated heterocycles. The number of hydrogen-bond donors (Lipinski definition) is 1. The van der Waals surface area contributed by atoms with Crippen LogP contribution in [0.4, 0.5) is 11.4 Å². The number of imide groups is 2. The van der Waals surface area contributed by atoms with Gasteiger partial charge in [-0.05, 0) is 68.5 Å². The lowest BCUT2D eigenvalue weighted by molar-refractivity contribution is -0.131. The van der Waals surface area contributed by atoms with Crippen molar-refractivity contribution in [1.29, 1.82) is 0 Å². The first-order valence-corrected chi connectivity index (χ1v) is 15.7. The number of aryl methyl sites for hydroxylation is 1. The third-order valence-corrected chi connectivity index (χ3v) is 10.7. The first-order chi connectivity index (χ1) is 21.7. The second-order valence-corrected chi connectivity index (χ2v) is 13.0. The van der Waals surface area contributed by atoms with Crippen LogP contribution in [-0.4, -0.2) is 41.9 Å². The molecule has 0 radical (unpaired) electrons. The Balaban J connectivity index is 1.37. The molecule has 230 valence electrons. The van der Waals surface area contributed by atoms with Gasteiger partial charge in [0.1, 0.15) is 12.4 Å². The van der Waals surface area contributed by atoms with Gasteiger partial charge in [0, 0.05) is 16.5 Å². The molecule has 6 unspecified atom stereocenters. The standard InChI is InChI=1S/C36H33ClN2O6/c1-20-12-13-22(18-28(20)37)38-32(41)25-15-14-23-26(30(25)34(38)43)19-27-33(42)39(21-8-4-3-5-9-21)35(44)36(27,2)31(23)24-10-6-7-11-29(24)45-17-16-40/h3-14,18,25-27,30-31,40H,15-17,19H2,1-2H3. The molecule has 2 heterocycles. The largest absolute Gasteiger partial charge is 0.491 e. The van der Waals surface area contributed by atoms with Crippen molar-refractivity contribution in [3.05, 3.63) is 101 Å². The van der Waals surface area contributed by atoms with E-state index in [9.17, 15) is 24.3 Å². The monoisotopic (exact) mass is 624 g/mol. The number of para-hydroxylation sites is 2. The summed E-state index contributed by atoms with van der Waals surface area (Å²) in [4.78, 5) is 59.5. The van der Waals surface area contributed by atoms with Crippen molar-refractivity contribution in [1.82, 2.24) is 0 Å². The van der Waals surface area contributed by atoms with Crippen molar-refractivity contribution in [2.45, 2.75) is 32.6 Å². The number of nitrogens with zero attached hydrogens (tertiary/aromatic N) is 2. The van der Waals surface area contributed by atoms with Gasteiger partial charge >= 0.3 is 0 Å². The van der Waals surface area contributed by atoms with Gasteiger partial charge in [0.2, 0.25) is 23.6 Å². The Morgan fingerprint density at radius 1 is 0.889 bits per heavy atom. The van der Waals surface area contributed by atoms with Crippen LogP contribution >= 0.6 is 11.6 Å². The van der Waals surface area contributed by atoms with Gasteiger partial charge in [0.25, 0.3) is 0 Å². The summed E-state index contributed by atoms with van der Waals surface area (Å²) in [5, 5.41) is 10.0. The fraction of sp³-hybridized carbons (Fsp3) is 0.333. The minimum atomic E-state index is -1.18. The molecular weight excluding hydrogens is 592 g/mol. The second-order valence-electron chi connectivity index (χ2n) is 12.6. The number of carbonyl (C=O) groups is 4. The normalized spacial score (nSPS) is 29.0. The Morgan fingerprint density at radius 2 is 1.62 bits per heavy atom. The minimum absolute atomic E-state index is 0.0567. The molecule has 8 nitrogen and oxygen atoms in total. The maximum Gasteiger partial charge on any atom is 0.241 e. The molecule has 45 heavy (non-hydrogen) atoms. The molecule has 2 aliphatic carbocycles.